The topological polar surface area (TPSA) is 42.0 Å². The summed E-state index contributed by atoms with van der Waals surface area (Å²) in [6.45, 7) is 4.45. The van der Waals surface area contributed by atoms with E-state index in [1.165, 1.54) is 0 Å². The number of rotatable bonds is 3. The summed E-state index contributed by atoms with van der Waals surface area (Å²) >= 11 is 3.35. The second-order valence-corrected chi connectivity index (χ2v) is 4.72. The summed E-state index contributed by atoms with van der Waals surface area (Å²) in [7, 11) is 0. The number of aromatic nitrogens is 1. The van der Waals surface area contributed by atoms with Gasteiger partial charge in [-0.15, -0.1) is 0 Å². The zero-order valence-electron chi connectivity index (χ0n) is 8.25. The first-order valence-corrected chi connectivity index (χ1v) is 5.37. The molecule has 0 aliphatic carbocycles. The van der Waals surface area contributed by atoms with Crippen LogP contribution in [0.1, 0.15) is 23.1 Å². The first kappa shape index (κ1) is 11.2. The zero-order valence-corrected chi connectivity index (χ0v) is 9.84. The van der Waals surface area contributed by atoms with E-state index >= 15 is 0 Å². The Bertz CT molecular complexity index is 326. The molecule has 1 heterocycles. The van der Waals surface area contributed by atoms with Crippen molar-refractivity contribution in [3.05, 3.63) is 29.6 Å². The number of alkyl halides is 1. The SMILES string of the molecule is Cc1cccc(C(=O)NCC(C)Br)n1. The third kappa shape index (κ3) is 3.46. The van der Waals surface area contributed by atoms with Gasteiger partial charge in [0.2, 0.25) is 0 Å². The molecule has 14 heavy (non-hydrogen) atoms. The summed E-state index contributed by atoms with van der Waals surface area (Å²) < 4.78 is 0. The lowest BCUT2D eigenvalue weighted by Crippen LogP contribution is -2.29. The molecular formula is C10H13BrN2O. The Kier molecular flexibility index (Phi) is 4.07. The van der Waals surface area contributed by atoms with Crippen molar-refractivity contribution < 1.29 is 4.79 Å². The van der Waals surface area contributed by atoms with Gasteiger partial charge in [-0.1, -0.05) is 28.9 Å². The maximum absolute atomic E-state index is 11.5. The van der Waals surface area contributed by atoms with Crippen molar-refractivity contribution >= 4 is 21.8 Å². The summed E-state index contributed by atoms with van der Waals surface area (Å²) in [5.41, 5.74) is 1.32. The van der Waals surface area contributed by atoms with E-state index in [0.717, 1.165) is 5.69 Å². The molecule has 1 N–H and O–H groups in total. The van der Waals surface area contributed by atoms with Crippen LogP contribution in [0.25, 0.3) is 0 Å². The van der Waals surface area contributed by atoms with Gasteiger partial charge < -0.3 is 5.32 Å². The molecule has 0 fully saturated rings. The summed E-state index contributed by atoms with van der Waals surface area (Å²) in [5, 5.41) is 2.78. The van der Waals surface area contributed by atoms with E-state index in [2.05, 4.69) is 26.2 Å². The predicted molar refractivity (Wildman–Crippen MR) is 59.7 cm³/mol. The maximum Gasteiger partial charge on any atom is 0.269 e. The number of nitrogens with one attached hydrogen (secondary N) is 1. The van der Waals surface area contributed by atoms with Gasteiger partial charge in [0, 0.05) is 17.1 Å². The van der Waals surface area contributed by atoms with Crippen LogP contribution >= 0.6 is 15.9 Å². The van der Waals surface area contributed by atoms with E-state index in [9.17, 15) is 4.79 Å². The third-order valence-corrected chi connectivity index (χ3v) is 1.99. The fraction of sp³-hybridized carbons (Fsp3) is 0.400. The number of halogens is 1. The van der Waals surface area contributed by atoms with Crippen molar-refractivity contribution in [1.82, 2.24) is 10.3 Å². The molecular weight excluding hydrogens is 244 g/mol. The molecule has 0 radical (unpaired) electrons. The Morgan fingerprint density at radius 3 is 2.93 bits per heavy atom. The van der Waals surface area contributed by atoms with Crippen molar-refractivity contribution in [2.45, 2.75) is 18.7 Å². The minimum absolute atomic E-state index is 0.125. The monoisotopic (exact) mass is 256 g/mol. The van der Waals surface area contributed by atoms with E-state index in [-0.39, 0.29) is 10.7 Å². The highest BCUT2D eigenvalue weighted by Crippen LogP contribution is 1.99. The first-order valence-electron chi connectivity index (χ1n) is 4.45. The van der Waals surface area contributed by atoms with Gasteiger partial charge in [-0.3, -0.25) is 4.79 Å². The van der Waals surface area contributed by atoms with Crippen LogP contribution in [-0.2, 0) is 0 Å². The van der Waals surface area contributed by atoms with E-state index in [1.54, 1.807) is 6.07 Å². The van der Waals surface area contributed by atoms with Crippen LogP contribution in [0.15, 0.2) is 18.2 Å². The number of pyridine rings is 1. The van der Waals surface area contributed by atoms with E-state index in [4.69, 9.17) is 0 Å². The van der Waals surface area contributed by atoms with Crippen LogP contribution in [-0.4, -0.2) is 22.3 Å². The predicted octanol–water partition coefficient (Wildman–Crippen LogP) is 1.90. The van der Waals surface area contributed by atoms with Gasteiger partial charge in [0.25, 0.3) is 5.91 Å². The highest BCUT2D eigenvalue weighted by Gasteiger charge is 2.06. The molecule has 0 bridgehead atoms. The molecule has 0 saturated carbocycles. The van der Waals surface area contributed by atoms with Gasteiger partial charge in [-0.25, -0.2) is 4.98 Å². The lowest BCUT2D eigenvalue weighted by molar-refractivity contribution is 0.0949. The molecule has 1 rings (SSSR count). The molecule has 3 nitrogen and oxygen atoms in total. The van der Waals surface area contributed by atoms with E-state index in [1.807, 2.05) is 26.0 Å². The van der Waals surface area contributed by atoms with Gasteiger partial charge in [0.05, 0.1) is 0 Å². The second-order valence-electron chi connectivity index (χ2n) is 3.16. The number of nitrogens with zero attached hydrogens (tertiary/aromatic N) is 1. The van der Waals surface area contributed by atoms with Gasteiger partial charge in [-0.2, -0.15) is 0 Å². The lowest BCUT2D eigenvalue weighted by atomic mass is 10.3. The average Bonchev–Trinajstić information content (AvgIpc) is 2.14. The molecule has 0 aliphatic rings. The van der Waals surface area contributed by atoms with Crippen LogP contribution in [0.4, 0.5) is 0 Å². The minimum atomic E-state index is -0.125. The molecule has 0 saturated heterocycles. The Morgan fingerprint density at radius 2 is 2.36 bits per heavy atom. The molecule has 1 aromatic rings. The van der Waals surface area contributed by atoms with Gasteiger partial charge >= 0.3 is 0 Å². The molecule has 1 aromatic heterocycles. The quantitative estimate of drug-likeness (QED) is 0.840. The van der Waals surface area contributed by atoms with Crippen LogP contribution in [0.5, 0.6) is 0 Å². The number of amides is 1. The maximum atomic E-state index is 11.5. The van der Waals surface area contributed by atoms with Crippen molar-refractivity contribution in [3.63, 3.8) is 0 Å². The highest BCUT2D eigenvalue weighted by molar-refractivity contribution is 9.09. The minimum Gasteiger partial charge on any atom is -0.350 e. The number of hydrogen-bond acceptors (Lipinski definition) is 2. The van der Waals surface area contributed by atoms with Crippen LogP contribution < -0.4 is 5.32 Å². The van der Waals surface area contributed by atoms with Gasteiger partial charge in [0.1, 0.15) is 5.69 Å². The van der Waals surface area contributed by atoms with Crippen molar-refractivity contribution in [1.29, 1.82) is 0 Å². The molecule has 1 atom stereocenters. The van der Waals surface area contributed by atoms with Crippen molar-refractivity contribution in [2.75, 3.05) is 6.54 Å². The highest BCUT2D eigenvalue weighted by atomic mass is 79.9. The number of aryl methyl sites for hydroxylation is 1. The largest absolute Gasteiger partial charge is 0.350 e. The van der Waals surface area contributed by atoms with Crippen molar-refractivity contribution in [3.8, 4) is 0 Å². The molecule has 1 amide bonds. The standard InChI is InChI=1S/C10H13BrN2O/c1-7(11)6-12-10(14)9-5-3-4-8(2)13-9/h3-5,7H,6H2,1-2H3,(H,12,14). The number of carbonyl (C=O) groups is 1. The number of hydrogen-bond donors (Lipinski definition) is 1. The zero-order chi connectivity index (χ0) is 10.6. The summed E-state index contributed by atoms with van der Waals surface area (Å²) in [6, 6.07) is 5.40. The smallest absolute Gasteiger partial charge is 0.269 e. The van der Waals surface area contributed by atoms with Gasteiger partial charge in [0.15, 0.2) is 0 Å². The van der Waals surface area contributed by atoms with Gasteiger partial charge in [-0.05, 0) is 19.1 Å². The van der Waals surface area contributed by atoms with Crippen LogP contribution in [0.2, 0.25) is 0 Å². The molecule has 0 spiro atoms. The third-order valence-electron chi connectivity index (χ3n) is 1.66. The first-order chi connectivity index (χ1) is 6.59. The fourth-order valence-electron chi connectivity index (χ4n) is 0.993. The molecule has 4 heteroatoms. The van der Waals surface area contributed by atoms with E-state index < -0.39 is 0 Å². The lowest BCUT2D eigenvalue weighted by Gasteiger charge is -2.06. The molecule has 76 valence electrons. The van der Waals surface area contributed by atoms with Crippen LogP contribution in [0, 0.1) is 6.92 Å². The summed E-state index contributed by atoms with van der Waals surface area (Å²) in [5.74, 6) is -0.125. The molecule has 0 aromatic carbocycles. The Hall–Kier alpha value is -0.900. The Morgan fingerprint density at radius 1 is 1.64 bits per heavy atom. The average molecular weight is 257 g/mol. The molecule has 1 unspecified atom stereocenters. The van der Waals surface area contributed by atoms with Crippen LogP contribution in [0.3, 0.4) is 0 Å². The summed E-state index contributed by atoms with van der Waals surface area (Å²) in [4.78, 5) is 15.9. The normalized spacial score (nSPS) is 12.2. The fourth-order valence-corrected chi connectivity index (χ4v) is 1.16. The summed E-state index contributed by atoms with van der Waals surface area (Å²) in [6.07, 6.45) is 0. The second kappa shape index (κ2) is 5.10. The number of carbonyl (C=O) groups excluding carboxylic acids is 1. The Labute approximate surface area is 92.1 Å². The van der Waals surface area contributed by atoms with Crippen molar-refractivity contribution in [2.24, 2.45) is 0 Å². The Balaban J connectivity index is 2.61. The van der Waals surface area contributed by atoms with E-state index in [0.29, 0.717) is 12.2 Å². The molecule has 0 aliphatic heterocycles.